The third-order valence-corrected chi connectivity index (χ3v) is 18.3. The zero-order chi connectivity index (χ0) is 47.0. The van der Waals surface area contributed by atoms with Crippen molar-refractivity contribution in [3.63, 3.8) is 0 Å². The van der Waals surface area contributed by atoms with Gasteiger partial charge in [0.25, 0.3) is 0 Å². The van der Waals surface area contributed by atoms with Gasteiger partial charge in [-0.2, -0.15) is 0 Å². The van der Waals surface area contributed by atoms with Crippen LogP contribution in [0.25, 0.3) is 109 Å². The summed E-state index contributed by atoms with van der Waals surface area (Å²) >= 11 is 0. The Hall–Kier alpha value is -5.07. The van der Waals surface area contributed by atoms with E-state index < -0.39 is 0 Å². The van der Waals surface area contributed by atoms with Crippen LogP contribution in [0, 0.1) is 0 Å². The Morgan fingerprint density at radius 1 is 0.212 bits per heavy atom. The Labute approximate surface area is 406 Å². The molecule has 292 valence electrons. The molecular weight excluding hydrogens is 771 g/mol. The highest BCUT2D eigenvalue weighted by molar-refractivity contribution is 6.77. The normalized spacial score (nSPS) is 12.1. The van der Waals surface area contributed by atoms with Gasteiger partial charge in [-0.25, -0.2) is 0 Å². The standard InChI is InChI=1S/C48H46B18/c49-31-17(23-19-21-27(37(55)33(23)51)43(61)47(65)45(63)29(21)41(59)39(57)25(19)35(31)53)15-8-4-3-7-14(15)12-9-11-5-1-2-6-13(11)16(10-12)18-24-20-22-28(38(56)34(24)52)44(62)48(66)46(64)30(22)42(60)40(58)26(20)36(54)32(18)50/h1-10H,49-66H2. The van der Waals surface area contributed by atoms with Crippen molar-refractivity contribution in [2.75, 3.05) is 0 Å². The molecule has 11 aromatic carbocycles. The maximum atomic E-state index is 2.56. The summed E-state index contributed by atoms with van der Waals surface area (Å²) in [6.07, 6.45) is 0. The van der Waals surface area contributed by atoms with E-state index in [0.29, 0.717) is 0 Å². The molecule has 0 aliphatic carbocycles. The van der Waals surface area contributed by atoms with Gasteiger partial charge in [-0.3, -0.25) is 0 Å². The van der Waals surface area contributed by atoms with Gasteiger partial charge in [0.2, 0.25) is 0 Å². The molecule has 0 saturated carbocycles. The van der Waals surface area contributed by atoms with E-state index in [4.69, 9.17) is 0 Å². The van der Waals surface area contributed by atoms with Crippen LogP contribution in [0.3, 0.4) is 0 Å². The molecule has 0 aliphatic heterocycles. The lowest BCUT2D eigenvalue weighted by Crippen LogP contribution is -2.48. The van der Waals surface area contributed by atoms with E-state index in [1.165, 1.54) is 207 Å². The third-order valence-electron chi connectivity index (χ3n) is 18.3. The fraction of sp³-hybridized carbons (Fsp3) is 0. The summed E-state index contributed by atoms with van der Waals surface area (Å²) in [5, 5.41) is 19.9. The predicted molar refractivity (Wildman–Crippen MR) is 355 cm³/mol. The average molecular weight is 818 g/mol. The molecule has 0 atom stereocenters. The maximum Gasteiger partial charge on any atom is 0.139 e. The predicted octanol–water partition coefficient (Wildman–Crippen LogP) is -17.7. The van der Waals surface area contributed by atoms with Gasteiger partial charge in [0.1, 0.15) is 141 Å². The first-order valence-electron chi connectivity index (χ1n) is 24.3. The van der Waals surface area contributed by atoms with Crippen molar-refractivity contribution in [3.8, 4) is 33.4 Å². The highest BCUT2D eigenvalue weighted by atomic mass is 14.3. The van der Waals surface area contributed by atoms with Gasteiger partial charge in [-0.1, -0.05) is 136 Å². The Morgan fingerprint density at radius 3 is 0.909 bits per heavy atom. The average Bonchev–Trinajstić information content (AvgIpc) is 3.30. The van der Waals surface area contributed by atoms with Crippen molar-refractivity contribution in [2.24, 2.45) is 0 Å². The van der Waals surface area contributed by atoms with E-state index >= 15 is 0 Å². The molecule has 66 heavy (non-hydrogen) atoms. The number of benzene rings is 11. The van der Waals surface area contributed by atoms with E-state index in [-0.39, 0.29) is 0 Å². The van der Waals surface area contributed by atoms with Gasteiger partial charge in [-0.15, -0.1) is 10.9 Å². The second-order valence-electron chi connectivity index (χ2n) is 20.8. The minimum Gasteiger partial charge on any atom is -0.100 e. The molecule has 0 unspecified atom stereocenters. The van der Waals surface area contributed by atoms with Crippen molar-refractivity contribution in [1.29, 1.82) is 0 Å². The molecule has 0 fully saturated rings. The Kier molecular flexibility index (Phi) is 9.70. The molecule has 11 aromatic rings. The molecule has 0 spiro atoms. The van der Waals surface area contributed by atoms with Crippen molar-refractivity contribution < 1.29 is 0 Å². The van der Waals surface area contributed by atoms with Crippen LogP contribution in [-0.4, -0.2) is 141 Å². The van der Waals surface area contributed by atoms with Gasteiger partial charge >= 0.3 is 0 Å². The van der Waals surface area contributed by atoms with Gasteiger partial charge in [0.05, 0.1) is 0 Å². The molecule has 18 heteroatoms. The molecule has 0 bridgehead atoms. The molecule has 0 heterocycles. The zero-order valence-corrected chi connectivity index (χ0v) is 42.8. The Morgan fingerprint density at radius 2 is 0.500 bits per heavy atom. The van der Waals surface area contributed by atoms with Crippen LogP contribution in [0.4, 0.5) is 0 Å². The number of hydrogen-bond donors (Lipinski definition) is 0. The van der Waals surface area contributed by atoms with Crippen LogP contribution in [0.1, 0.15) is 0 Å². The summed E-state index contributed by atoms with van der Waals surface area (Å²) in [7, 11) is 42.7. The number of rotatable bonds is 3. The monoisotopic (exact) mass is 821 g/mol. The van der Waals surface area contributed by atoms with Crippen molar-refractivity contribution in [3.05, 3.63) is 60.7 Å². The molecule has 0 N–H and O–H groups in total. The highest BCUT2D eigenvalue weighted by Crippen LogP contribution is 2.42. The van der Waals surface area contributed by atoms with Crippen LogP contribution in [0.2, 0.25) is 0 Å². The molecule has 0 aliphatic rings. The largest absolute Gasteiger partial charge is 0.139 e. The van der Waals surface area contributed by atoms with Crippen LogP contribution >= 0.6 is 0 Å². The highest BCUT2D eigenvalue weighted by Gasteiger charge is 2.29. The smallest absolute Gasteiger partial charge is 0.100 e. The van der Waals surface area contributed by atoms with Gasteiger partial charge in [-0.05, 0) is 121 Å². The first-order chi connectivity index (χ1) is 31.3. The van der Waals surface area contributed by atoms with Gasteiger partial charge < -0.3 is 0 Å². The summed E-state index contributed by atoms with van der Waals surface area (Å²) in [4.78, 5) is 0. The molecule has 11 rings (SSSR count). The molecule has 0 saturated heterocycles. The maximum absolute atomic E-state index is 2.56. The lowest BCUT2D eigenvalue weighted by Gasteiger charge is -2.30. The van der Waals surface area contributed by atoms with Crippen LogP contribution < -0.4 is 98.3 Å². The lowest BCUT2D eigenvalue weighted by molar-refractivity contribution is 1.63. The fourth-order valence-electron chi connectivity index (χ4n) is 13.7. The van der Waals surface area contributed by atoms with Crippen molar-refractivity contribution in [2.45, 2.75) is 0 Å². The van der Waals surface area contributed by atoms with E-state index in [2.05, 4.69) is 202 Å². The van der Waals surface area contributed by atoms with Crippen LogP contribution in [0.15, 0.2) is 60.7 Å². The van der Waals surface area contributed by atoms with E-state index in [9.17, 15) is 0 Å². The quantitative estimate of drug-likeness (QED) is 0.123. The number of fused-ring (bicyclic) bond motifs is 1. The summed E-state index contributed by atoms with van der Waals surface area (Å²) in [6.45, 7) is 0. The van der Waals surface area contributed by atoms with Crippen molar-refractivity contribution in [1.82, 2.24) is 0 Å². The lowest BCUT2D eigenvalue weighted by atomic mass is 9.58. The summed E-state index contributed by atoms with van der Waals surface area (Å²) in [6, 6.07) is 23.5. The summed E-state index contributed by atoms with van der Waals surface area (Å²) in [5.41, 5.74) is 33.3. The molecule has 0 amide bonds. The minimum absolute atomic E-state index is 1.26. The van der Waals surface area contributed by atoms with Gasteiger partial charge in [0, 0.05) is 0 Å². The zero-order valence-electron chi connectivity index (χ0n) is 42.8. The fourth-order valence-corrected chi connectivity index (χ4v) is 13.7. The molecule has 0 aromatic heterocycles. The first kappa shape index (κ1) is 43.5. The molecule has 0 nitrogen and oxygen atoms in total. The molecular formula is C48H46B18. The van der Waals surface area contributed by atoms with E-state index in [0.717, 1.165) is 0 Å². The first-order valence-corrected chi connectivity index (χ1v) is 24.3. The van der Waals surface area contributed by atoms with E-state index in [1.54, 1.807) is 0 Å². The third kappa shape index (κ3) is 5.31. The Bertz CT molecular complexity index is 4030. The Balaban J connectivity index is 1.30. The van der Waals surface area contributed by atoms with Crippen LogP contribution in [-0.2, 0) is 0 Å². The molecule has 0 radical (unpaired) electrons. The van der Waals surface area contributed by atoms with Gasteiger partial charge in [0.15, 0.2) is 0 Å². The van der Waals surface area contributed by atoms with Crippen molar-refractivity contribution >= 4 is 315 Å². The summed E-state index contributed by atoms with van der Waals surface area (Å²) in [5.74, 6) is 0. The second kappa shape index (κ2) is 14.7. The summed E-state index contributed by atoms with van der Waals surface area (Å²) < 4.78 is 0. The minimum atomic E-state index is 1.26. The SMILES string of the molecule is Bc1c(B)c2c(B)c(B)c3c(B)c(B)c(-c4ccccc4-c4cc(-c5c(B)c(B)c6c(B)c(B)c7c(B)c(B)c(B)c8c(B)c(B)c5c6c78)c5ccccc5c4)c4c(B)c(B)c(c1B)c2c34. The second-order valence-corrected chi connectivity index (χ2v) is 20.8. The van der Waals surface area contributed by atoms with Crippen LogP contribution in [0.5, 0.6) is 0 Å². The topological polar surface area (TPSA) is 0 Å². The van der Waals surface area contributed by atoms with E-state index in [1.807, 2.05) is 0 Å². The number of hydrogen-bond acceptors (Lipinski definition) is 0.